The van der Waals surface area contributed by atoms with E-state index in [0.29, 0.717) is 0 Å². The fraction of sp³-hybridized carbons (Fsp3) is 1.00. The van der Waals surface area contributed by atoms with Gasteiger partial charge in [-0.05, 0) is 34.6 Å². The first-order chi connectivity index (χ1) is 4.63. The summed E-state index contributed by atoms with van der Waals surface area (Å²) in [7, 11) is 0. The van der Waals surface area contributed by atoms with Crippen LogP contribution in [0.3, 0.4) is 0 Å². The fourth-order valence-corrected chi connectivity index (χ4v) is 1.77. The summed E-state index contributed by atoms with van der Waals surface area (Å²) >= 11 is 0. The van der Waals surface area contributed by atoms with Crippen molar-refractivity contribution in [2.45, 2.75) is 40.7 Å². The van der Waals surface area contributed by atoms with Crippen molar-refractivity contribution in [1.29, 1.82) is 0 Å². The minimum absolute atomic E-state index is 0. The van der Waals surface area contributed by atoms with Crippen LogP contribution in [-0.2, 0) is 0 Å². The highest BCUT2D eigenvalue weighted by atomic mass is 127. The van der Waals surface area contributed by atoms with Gasteiger partial charge in [-0.1, -0.05) is 0 Å². The molecule has 0 aromatic rings. The van der Waals surface area contributed by atoms with Crippen LogP contribution in [0.5, 0.6) is 0 Å². The van der Waals surface area contributed by atoms with Gasteiger partial charge in [0.2, 0.25) is 0 Å². The monoisotopic (exact) mass is 271 g/mol. The summed E-state index contributed by atoms with van der Waals surface area (Å²) in [4.78, 5) is 0. The molecular formula is C9H22IN. The third kappa shape index (κ3) is 3.28. The van der Waals surface area contributed by atoms with Crippen LogP contribution < -0.4 is 24.0 Å². The lowest BCUT2D eigenvalue weighted by atomic mass is 10.2. The average molecular weight is 271 g/mol. The van der Waals surface area contributed by atoms with E-state index in [1.54, 1.807) is 0 Å². The van der Waals surface area contributed by atoms with Crippen molar-refractivity contribution >= 4 is 0 Å². The van der Waals surface area contributed by atoms with E-state index in [4.69, 9.17) is 0 Å². The lowest BCUT2D eigenvalue weighted by molar-refractivity contribution is -0.943. The molecule has 0 aliphatic carbocycles. The summed E-state index contributed by atoms with van der Waals surface area (Å²) in [6.45, 7) is 15.3. The summed E-state index contributed by atoms with van der Waals surface area (Å²) in [5.74, 6) is 0. The molecular weight excluding hydrogens is 249 g/mol. The van der Waals surface area contributed by atoms with Gasteiger partial charge in [0.05, 0.1) is 25.7 Å². The van der Waals surface area contributed by atoms with Gasteiger partial charge in [0.1, 0.15) is 0 Å². The van der Waals surface area contributed by atoms with Crippen LogP contribution in [0.4, 0.5) is 0 Å². The second kappa shape index (κ2) is 6.23. The number of hydrogen-bond acceptors (Lipinski definition) is 0. The predicted octanol–water partition coefficient (Wildman–Crippen LogP) is -0.725. The van der Waals surface area contributed by atoms with Crippen LogP contribution in [0.2, 0.25) is 0 Å². The minimum Gasteiger partial charge on any atom is -1.00 e. The van der Waals surface area contributed by atoms with E-state index in [1.165, 1.54) is 24.1 Å². The van der Waals surface area contributed by atoms with Crippen LogP contribution in [-0.4, -0.2) is 30.2 Å². The molecule has 0 radical (unpaired) electrons. The standard InChI is InChI=1S/C9H22N.HI/c1-6-10(7-2,8-3)9(4)5;/h9H,6-8H2,1-5H3;1H/q+1;/p-1. The van der Waals surface area contributed by atoms with Crippen LogP contribution in [0.1, 0.15) is 34.6 Å². The van der Waals surface area contributed by atoms with Gasteiger partial charge in [0.15, 0.2) is 0 Å². The van der Waals surface area contributed by atoms with E-state index in [-0.39, 0.29) is 24.0 Å². The van der Waals surface area contributed by atoms with Gasteiger partial charge in [0, 0.05) is 0 Å². The van der Waals surface area contributed by atoms with Crippen molar-refractivity contribution in [3.63, 3.8) is 0 Å². The Kier molecular flexibility index (Phi) is 8.06. The van der Waals surface area contributed by atoms with Gasteiger partial charge >= 0.3 is 0 Å². The maximum absolute atomic E-state index is 2.32. The lowest BCUT2D eigenvalue weighted by Gasteiger charge is -2.39. The molecule has 0 bridgehead atoms. The van der Waals surface area contributed by atoms with E-state index < -0.39 is 0 Å². The topological polar surface area (TPSA) is 0 Å². The van der Waals surface area contributed by atoms with E-state index in [1.807, 2.05) is 0 Å². The smallest absolute Gasteiger partial charge is 0.0833 e. The van der Waals surface area contributed by atoms with Gasteiger partial charge in [-0.25, -0.2) is 0 Å². The molecule has 0 aromatic heterocycles. The summed E-state index contributed by atoms with van der Waals surface area (Å²) in [6.07, 6.45) is 0. The highest BCUT2D eigenvalue weighted by Gasteiger charge is 2.23. The van der Waals surface area contributed by atoms with Crippen molar-refractivity contribution in [3.05, 3.63) is 0 Å². The van der Waals surface area contributed by atoms with Crippen molar-refractivity contribution in [3.8, 4) is 0 Å². The molecule has 0 N–H and O–H groups in total. The Morgan fingerprint density at radius 3 is 1.18 bits per heavy atom. The second-order valence-electron chi connectivity index (χ2n) is 3.26. The van der Waals surface area contributed by atoms with Gasteiger partial charge in [-0.3, -0.25) is 0 Å². The quantitative estimate of drug-likeness (QED) is 0.467. The molecule has 1 nitrogen and oxygen atoms in total. The largest absolute Gasteiger partial charge is 1.00 e. The summed E-state index contributed by atoms with van der Waals surface area (Å²) < 4.78 is 1.26. The highest BCUT2D eigenvalue weighted by molar-refractivity contribution is 4.43. The van der Waals surface area contributed by atoms with Crippen LogP contribution >= 0.6 is 0 Å². The number of nitrogens with zero attached hydrogens (tertiary/aromatic N) is 1. The zero-order valence-corrected chi connectivity index (χ0v) is 10.7. The van der Waals surface area contributed by atoms with E-state index in [9.17, 15) is 0 Å². The molecule has 70 valence electrons. The Morgan fingerprint density at radius 2 is 1.18 bits per heavy atom. The molecule has 0 aliphatic heterocycles. The number of hydrogen-bond donors (Lipinski definition) is 0. The molecule has 11 heavy (non-hydrogen) atoms. The number of rotatable bonds is 4. The van der Waals surface area contributed by atoms with E-state index in [0.717, 1.165) is 6.04 Å². The van der Waals surface area contributed by atoms with Crippen molar-refractivity contribution in [2.24, 2.45) is 0 Å². The molecule has 0 aromatic carbocycles. The van der Waals surface area contributed by atoms with Crippen molar-refractivity contribution in [1.82, 2.24) is 0 Å². The summed E-state index contributed by atoms with van der Waals surface area (Å²) in [6, 6.07) is 0.778. The van der Waals surface area contributed by atoms with Crippen LogP contribution in [0.25, 0.3) is 0 Å². The third-order valence-corrected chi connectivity index (χ3v) is 2.98. The molecule has 0 heterocycles. The van der Waals surface area contributed by atoms with Crippen LogP contribution in [0.15, 0.2) is 0 Å². The average Bonchev–Trinajstić information content (AvgIpc) is 1.92. The Morgan fingerprint density at radius 1 is 0.909 bits per heavy atom. The molecule has 0 unspecified atom stereocenters. The highest BCUT2D eigenvalue weighted by Crippen LogP contribution is 2.11. The molecule has 0 saturated carbocycles. The lowest BCUT2D eigenvalue weighted by Crippen LogP contribution is -3.00. The van der Waals surface area contributed by atoms with Crippen LogP contribution in [0, 0.1) is 0 Å². The van der Waals surface area contributed by atoms with Gasteiger partial charge < -0.3 is 28.5 Å². The molecule has 0 rings (SSSR count). The number of halogens is 1. The maximum atomic E-state index is 2.32. The Hall–Kier alpha value is 0.690. The first-order valence-corrected chi connectivity index (χ1v) is 4.48. The normalized spacial score (nSPS) is 11.5. The predicted molar refractivity (Wildman–Crippen MR) is 47.0 cm³/mol. The molecule has 0 spiro atoms. The number of quaternary nitrogens is 1. The zero-order chi connectivity index (χ0) is 8.20. The molecule has 2 heteroatoms. The van der Waals surface area contributed by atoms with E-state index >= 15 is 0 Å². The molecule has 0 fully saturated rings. The van der Waals surface area contributed by atoms with Crippen molar-refractivity contribution in [2.75, 3.05) is 19.6 Å². The zero-order valence-electron chi connectivity index (χ0n) is 8.52. The maximum Gasteiger partial charge on any atom is 0.0833 e. The van der Waals surface area contributed by atoms with Gasteiger partial charge in [-0.15, -0.1) is 0 Å². The first-order valence-electron chi connectivity index (χ1n) is 4.48. The SMILES string of the molecule is CC[N+](CC)(CC)C(C)C.[I-]. The fourth-order valence-electron chi connectivity index (χ4n) is 1.77. The Balaban J connectivity index is 0. The first kappa shape index (κ1) is 14.2. The molecule has 0 aliphatic rings. The molecule has 0 atom stereocenters. The summed E-state index contributed by atoms with van der Waals surface area (Å²) in [5.41, 5.74) is 0. The van der Waals surface area contributed by atoms with Gasteiger partial charge in [0.25, 0.3) is 0 Å². The van der Waals surface area contributed by atoms with Gasteiger partial charge in [-0.2, -0.15) is 0 Å². The van der Waals surface area contributed by atoms with E-state index in [2.05, 4.69) is 34.6 Å². The Labute approximate surface area is 88.8 Å². The Bertz CT molecular complexity index is 79.3. The van der Waals surface area contributed by atoms with Crippen molar-refractivity contribution < 1.29 is 28.5 Å². The molecule has 0 amide bonds. The minimum atomic E-state index is 0. The summed E-state index contributed by atoms with van der Waals surface area (Å²) in [5, 5.41) is 0. The molecule has 0 saturated heterocycles. The third-order valence-electron chi connectivity index (χ3n) is 2.98. The second-order valence-corrected chi connectivity index (χ2v) is 3.26.